The number of carbonyl (C=O) groups excluding carboxylic acids is 1. The van der Waals surface area contributed by atoms with Gasteiger partial charge in [-0.05, 0) is 38.0 Å². The van der Waals surface area contributed by atoms with Gasteiger partial charge < -0.3 is 20.1 Å². The van der Waals surface area contributed by atoms with Crippen molar-refractivity contribution in [1.29, 1.82) is 0 Å². The van der Waals surface area contributed by atoms with E-state index in [0.717, 1.165) is 24.3 Å². The van der Waals surface area contributed by atoms with E-state index in [1.54, 1.807) is 7.11 Å². The Balaban J connectivity index is 1.88. The minimum atomic E-state index is -0.167. The molecule has 1 heterocycles. The van der Waals surface area contributed by atoms with Crippen molar-refractivity contribution in [2.75, 3.05) is 20.3 Å². The fourth-order valence-electron chi connectivity index (χ4n) is 2.50. The second kappa shape index (κ2) is 7.43. The molecule has 3 unspecified atom stereocenters. The van der Waals surface area contributed by atoms with Crippen LogP contribution < -0.4 is 15.4 Å². The van der Waals surface area contributed by atoms with Gasteiger partial charge in [-0.25, -0.2) is 0 Å². The summed E-state index contributed by atoms with van der Waals surface area (Å²) in [4.78, 5) is 12.2. The first-order valence-corrected chi connectivity index (χ1v) is 7.43. The Bertz CT molecular complexity index is 461. The molecule has 1 aromatic rings. The van der Waals surface area contributed by atoms with Crippen LogP contribution in [-0.4, -0.2) is 38.3 Å². The summed E-state index contributed by atoms with van der Waals surface area (Å²) in [5, 5.41) is 6.22. The van der Waals surface area contributed by atoms with Crippen LogP contribution in [0.25, 0.3) is 0 Å². The number of rotatable bonds is 6. The molecule has 1 fully saturated rings. The van der Waals surface area contributed by atoms with Crippen LogP contribution in [0.4, 0.5) is 0 Å². The van der Waals surface area contributed by atoms with Crippen LogP contribution in [0, 0.1) is 0 Å². The van der Waals surface area contributed by atoms with E-state index < -0.39 is 0 Å². The van der Waals surface area contributed by atoms with Crippen molar-refractivity contribution in [3.8, 4) is 5.75 Å². The molecule has 1 saturated heterocycles. The lowest BCUT2D eigenvalue weighted by Crippen LogP contribution is -2.41. The van der Waals surface area contributed by atoms with Gasteiger partial charge in [0.05, 0.1) is 24.8 Å². The van der Waals surface area contributed by atoms with Gasteiger partial charge in [-0.1, -0.05) is 12.1 Å². The lowest BCUT2D eigenvalue weighted by molar-refractivity contribution is -0.123. The minimum absolute atomic E-state index is 0.0240. The Morgan fingerprint density at radius 3 is 2.71 bits per heavy atom. The molecular formula is C16H24N2O3. The maximum atomic E-state index is 12.2. The van der Waals surface area contributed by atoms with E-state index >= 15 is 0 Å². The van der Waals surface area contributed by atoms with Gasteiger partial charge in [-0.2, -0.15) is 0 Å². The Hall–Kier alpha value is -1.59. The highest BCUT2D eigenvalue weighted by molar-refractivity contribution is 5.82. The molecule has 3 atom stereocenters. The van der Waals surface area contributed by atoms with E-state index in [2.05, 4.69) is 10.6 Å². The molecule has 0 radical (unpaired) electrons. The van der Waals surface area contributed by atoms with Crippen molar-refractivity contribution in [3.05, 3.63) is 29.8 Å². The van der Waals surface area contributed by atoms with E-state index in [-0.39, 0.29) is 24.1 Å². The zero-order valence-corrected chi connectivity index (χ0v) is 12.9. The highest BCUT2D eigenvalue weighted by Gasteiger charge is 2.29. The third-order valence-electron chi connectivity index (χ3n) is 3.79. The van der Waals surface area contributed by atoms with Gasteiger partial charge in [0.2, 0.25) is 5.91 Å². The summed E-state index contributed by atoms with van der Waals surface area (Å²) in [5.41, 5.74) is 1.06. The van der Waals surface area contributed by atoms with Crippen LogP contribution >= 0.6 is 0 Å². The van der Waals surface area contributed by atoms with Crippen LogP contribution in [0.5, 0.6) is 5.75 Å². The zero-order valence-electron chi connectivity index (χ0n) is 12.9. The highest BCUT2D eigenvalue weighted by Crippen LogP contribution is 2.18. The lowest BCUT2D eigenvalue weighted by atomic mass is 10.1. The first-order chi connectivity index (χ1) is 10.1. The van der Waals surface area contributed by atoms with Gasteiger partial charge in [0.25, 0.3) is 0 Å². The first kappa shape index (κ1) is 15.8. The predicted octanol–water partition coefficient (Wildman–Crippen LogP) is 1.64. The highest BCUT2D eigenvalue weighted by atomic mass is 16.5. The number of hydrogen-bond acceptors (Lipinski definition) is 4. The van der Waals surface area contributed by atoms with E-state index in [4.69, 9.17) is 9.47 Å². The number of nitrogens with one attached hydrogen (secondary N) is 2. The lowest BCUT2D eigenvalue weighted by Gasteiger charge is -2.18. The Kier molecular flexibility index (Phi) is 5.59. The van der Waals surface area contributed by atoms with Crippen molar-refractivity contribution in [2.45, 2.75) is 38.5 Å². The van der Waals surface area contributed by atoms with Crippen molar-refractivity contribution in [1.82, 2.24) is 10.6 Å². The molecule has 0 saturated carbocycles. The quantitative estimate of drug-likeness (QED) is 0.837. The first-order valence-electron chi connectivity index (χ1n) is 7.43. The molecule has 2 rings (SSSR count). The number of ether oxygens (including phenoxy) is 2. The molecule has 1 aromatic carbocycles. The second-order valence-corrected chi connectivity index (χ2v) is 5.29. The number of methoxy groups -OCH3 is 1. The van der Waals surface area contributed by atoms with Gasteiger partial charge in [-0.3, -0.25) is 4.79 Å². The van der Waals surface area contributed by atoms with Gasteiger partial charge in [-0.15, -0.1) is 0 Å². The van der Waals surface area contributed by atoms with Crippen LogP contribution in [0.3, 0.4) is 0 Å². The summed E-state index contributed by atoms with van der Waals surface area (Å²) in [5.74, 6) is 0.871. The number of hydrogen-bond donors (Lipinski definition) is 2. The zero-order chi connectivity index (χ0) is 15.2. The monoisotopic (exact) mass is 292 g/mol. The average Bonchev–Trinajstić information content (AvgIpc) is 2.97. The number of carbonyl (C=O) groups is 1. The molecule has 1 aliphatic rings. The van der Waals surface area contributed by atoms with Crippen LogP contribution in [0.15, 0.2) is 24.3 Å². The third kappa shape index (κ3) is 4.19. The topological polar surface area (TPSA) is 59.6 Å². The van der Waals surface area contributed by atoms with E-state index in [9.17, 15) is 4.79 Å². The van der Waals surface area contributed by atoms with Crippen LogP contribution in [0.2, 0.25) is 0 Å². The molecule has 1 amide bonds. The Labute approximate surface area is 126 Å². The Morgan fingerprint density at radius 2 is 2.14 bits per heavy atom. The summed E-state index contributed by atoms with van der Waals surface area (Å²) in [6, 6.07) is 7.62. The normalized spacial score (nSPS) is 22.8. The SMILES string of the molecule is CCOc1ccc(C(C)NC(=O)C2CC(OC)CN2)cc1. The number of amides is 1. The second-order valence-electron chi connectivity index (χ2n) is 5.29. The number of benzene rings is 1. The maximum Gasteiger partial charge on any atom is 0.237 e. The standard InChI is InChI=1S/C16H24N2O3/c1-4-21-13-7-5-12(6-8-13)11(2)18-16(19)15-9-14(20-3)10-17-15/h5-8,11,14-15,17H,4,9-10H2,1-3H3,(H,18,19). The van der Waals surface area contributed by atoms with Crippen molar-refractivity contribution >= 4 is 5.91 Å². The third-order valence-corrected chi connectivity index (χ3v) is 3.79. The maximum absolute atomic E-state index is 12.2. The summed E-state index contributed by atoms with van der Waals surface area (Å²) in [6.45, 7) is 5.32. The van der Waals surface area contributed by atoms with Gasteiger partial charge >= 0.3 is 0 Å². The van der Waals surface area contributed by atoms with Gasteiger partial charge in [0, 0.05) is 13.7 Å². The summed E-state index contributed by atoms with van der Waals surface area (Å²) >= 11 is 0. The molecule has 0 aliphatic carbocycles. The van der Waals surface area contributed by atoms with E-state index in [0.29, 0.717) is 6.61 Å². The van der Waals surface area contributed by atoms with Crippen molar-refractivity contribution in [2.24, 2.45) is 0 Å². The largest absolute Gasteiger partial charge is 0.494 e. The predicted molar refractivity (Wildman–Crippen MR) is 81.4 cm³/mol. The molecule has 1 aliphatic heterocycles. The Morgan fingerprint density at radius 1 is 1.43 bits per heavy atom. The van der Waals surface area contributed by atoms with Crippen molar-refractivity contribution < 1.29 is 14.3 Å². The molecule has 116 valence electrons. The molecule has 0 aromatic heterocycles. The van der Waals surface area contributed by atoms with E-state index in [1.165, 1.54) is 0 Å². The van der Waals surface area contributed by atoms with Crippen LogP contribution in [-0.2, 0) is 9.53 Å². The summed E-state index contributed by atoms with van der Waals surface area (Å²) in [6.07, 6.45) is 0.847. The molecule has 21 heavy (non-hydrogen) atoms. The fraction of sp³-hybridized carbons (Fsp3) is 0.562. The molecular weight excluding hydrogens is 268 g/mol. The van der Waals surface area contributed by atoms with E-state index in [1.807, 2.05) is 38.1 Å². The smallest absolute Gasteiger partial charge is 0.237 e. The molecule has 0 spiro atoms. The minimum Gasteiger partial charge on any atom is -0.494 e. The fourth-order valence-corrected chi connectivity index (χ4v) is 2.50. The average molecular weight is 292 g/mol. The molecule has 2 N–H and O–H groups in total. The van der Waals surface area contributed by atoms with Gasteiger partial charge in [0.1, 0.15) is 5.75 Å². The molecule has 0 bridgehead atoms. The summed E-state index contributed by atoms with van der Waals surface area (Å²) in [7, 11) is 1.68. The van der Waals surface area contributed by atoms with Gasteiger partial charge in [0.15, 0.2) is 0 Å². The van der Waals surface area contributed by atoms with Crippen molar-refractivity contribution in [3.63, 3.8) is 0 Å². The summed E-state index contributed by atoms with van der Waals surface area (Å²) < 4.78 is 10.7. The van der Waals surface area contributed by atoms with Crippen LogP contribution in [0.1, 0.15) is 31.9 Å². The molecule has 5 nitrogen and oxygen atoms in total. The molecule has 5 heteroatoms.